The first-order chi connectivity index (χ1) is 9.56. The van der Waals surface area contributed by atoms with Gasteiger partial charge in [-0.15, -0.1) is 11.3 Å². The number of carbonyl (C=O) groups excluding carboxylic acids is 1. The normalized spacial score (nSPS) is 18.6. The fraction of sp³-hybridized carbons (Fsp3) is 0.214. The van der Waals surface area contributed by atoms with Gasteiger partial charge in [-0.3, -0.25) is 4.79 Å². The molecular formula is C14H12ClN3OS. The van der Waals surface area contributed by atoms with E-state index in [0.29, 0.717) is 10.2 Å². The molecule has 1 aliphatic heterocycles. The Balaban J connectivity index is 1.94. The van der Waals surface area contributed by atoms with E-state index in [-0.39, 0.29) is 11.8 Å². The van der Waals surface area contributed by atoms with Crippen molar-refractivity contribution in [3.05, 3.63) is 34.7 Å². The highest BCUT2D eigenvalue weighted by Gasteiger charge is 2.32. The van der Waals surface area contributed by atoms with Crippen LogP contribution in [-0.4, -0.2) is 16.6 Å². The number of nitrogens with zero attached hydrogens (tertiary/aromatic N) is 3. The van der Waals surface area contributed by atoms with Gasteiger partial charge >= 0.3 is 0 Å². The first-order valence-corrected chi connectivity index (χ1v) is 7.42. The standard InChI is InChI=1S/C14H12ClN3OS/c1-8-9(2)17-18(13(8)19)14-16-12(7-20-14)10-4-3-5-11(15)6-10/h3-8H,1-2H3. The Bertz CT molecular complexity index is 710. The Morgan fingerprint density at radius 3 is 2.85 bits per heavy atom. The summed E-state index contributed by atoms with van der Waals surface area (Å²) in [6.07, 6.45) is 0. The van der Waals surface area contributed by atoms with Crippen LogP contribution in [0.1, 0.15) is 13.8 Å². The molecule has 0 fully saturated rings. The summed E-state index contributed by atoms with van der Waals surface area (Å²) in [5.41, 5.74) is 2.54. The quantitative estimate of drug-likeness (QED) is 0.846. The molecule has 0 saturated carbocycles. The third kappa shape index (κ3) is 2.23. The maximum atomic E-state index is 12.1. The molecule has 1 atom stereocenters. The van der Waals surface area contributed by atoms with Crippen LogP contribution >= 0.6 is 22.9 Å². The maximum Gasteiger partial charge on any atom is 0.258 e. The van der Waals surface area contributed by atoms with Crippen molar-refractivity contribution in [1.29, 1.82) is 0 Å². The third-order valence-corrected chi connectivity index (χ3v) is 4.31. The third-order valence-electron chi connectivity index (χ3n) is 3.26. The number of hydrazone groups is 1. The number of hydrogen-bond donors (Lipinski definition) is 0. The first kappa shape index (κ1) is 13.3. The largest absolute Gasteiger partial charge is 0.272 e. The molecule has 0 aliphatic carbocycles. The van der Waals surface area contributed by atoms with Crippen LogP contribution in [0.3, 0.4) is 0 Å². The molecule has 102 valence electrons. The number of rotatable bonds is 2. The highest BCUT2D eigenvalue weighted by molar-refractivity contribution is 7.14. The van der Waals surface area contributed by atoms with E-state index in [2.05, 4.69) is 10.1 Å². The predicted octanol–water partition coefficient (Wildman–Crippen LogP) is 3.82. The van der Waals surface area contributed by atoms with E-state index >= 15 is 0 Å². The molecule has 4 nitrogen and oxygen atoms in total. The van der Waals surface area contributed by atoms with Crippen molar-refractivity contribution >= 4 is 39.7 Å². The zero-order valence-electron chi connectivity index (χ0n) is 11.0. The van der Waals surface area contributed by atoms with Crippen LogP contribution in [-0.2, 0) is 4.79 Å². The van der Waals surface area contributed by atoms with E-state index in [1.165, 1.54) is 16.3 Å². The fourth-order valence-corrected chi connectivity index (χ4v) is 2.91. The van der Waals surface area contributed by atoms with Crippen molar-refractivity contribution in [2.75, 3.05) is 5.01 Å². The van der Waals surface area contributed by atoms with Crippen molar-refractivity contribution in [1.82, 2.24) is 4.98 Å². The summed E-state index contributed by atoms with van der Waals surface area (Å²) in [6, 6.07) is 7.48. The van der Waals surface area contributed by atoms with Crippen LogP contribution in [0.4, 0.5) is 5.13 Å². The predicted molar refractivity (Wildman–Crippen MR) is 82.3 cm³/mol. The van der Waals surface area contributed by atoms with Crippen LogP contribution in [0.5, 0.6) is 0 Å². The summed E-state index contributed by atoms with van der Waals surface area (Å²) in [4.78, 5) is 16.6. The maximum absolute atomic E-state index is 12.1. The van der Waals surface area contributed by atoms with Gasteiger partial charge in [-0.25, -0.2) is 4.98 Å². The highest BCUT2D eigenvalue weighted by atomic mass is 35.5. The number of hydrogen-bond acceptors (Lipinski definition) is 4. The molecule has 0 bridgehead atoms. The van der Waals surface area contributed by atoms with Gasteiger partial charge in [0.1, 0.15) is 0 Å². The van der Waals surface area contributed by atoms with Gasteiger partial charge in [0.15, 0.2) is 0 Å². The minimum absolute atomic E-state index is 0.0329. The molecule has 2 aromatic rings. The molecule has 0 N–H and O–H groups in total. The Kier molecular flexibility index (Phi) is 3.31. The van der Waals surface area contributed by atoms with Gasteiger partial charge in [0, 0.05) is 21.7 Å². The number of aromatic nitrogens is 1. The van der Waals surface area contributed by atoms with Gasteiger partial charge in [-0.1, -0.05) is 23.7 Å². The lowest BCUT2D eigenvalue weighted by Crippen LogP contribution is -2.24. The number of carbonyl (C=O) groups is 1. The molecule has 0 radical (unpaired) electrons. The second-order valence-electron chi connectivity index (χ2n) is 4.64. The van der Waals surface area contributed by atoms with Gasteiger partial charge in [-0.05, 0) is 26.0 Å². The summed E-state index contributed by atoms with van der Waals surface area (Å²) >= 11 is 7.38. The molecule has 1 unspecified atom stereocenters. The molecule has 1 aromatic heterocycles. The van der Waals surface area contributed by atoms with Gasteiger partial charge in [0.2, 0.25) is 5.13 Å². The smallest absolute Gasteiger partial charge is 0.258 e. The van der Waals surface area contributed by atoms with Crippen LogP contribution in [0, 0.1) is 5.92 Å². The lowest BCUT2D eigenvalue weighted by molar-refractivity contribution is -0.119. The molecule has 0 spiro atoms. The van der Waals surface area contributed by atoms with E-state index in [0.717, 1.165) is 17.0 Å². The van der Waals surface area contributed by atoms with E-state index < -0.39 is 0 Å². The van der Waals surface area contributed by atoms with Crippen LogP contribution in [0.2, 0.25) is 5.02 Å². The van der Waals surface area contributed by atoms with Crippen molar-refractivity contribution in [2.24, 2.45) is 11.0 Å². The Labute approximate surface area is 125 Å². The monoisotopic (exact) mass is 305 g/mol. The zero-order chi connectivity index (χ0) is 14.3. The molecule has 0 saturated heterocycles. The second-order valence-corrected chi connectivity index (χ2v) is 5.91. The molecule has 1 aliphatic rings. The van der Waals surface area contributed by atoms with Gasteiger partial charge in [-0.2, -0.15) is 10.1 Å². The van der Waals surface area contributed by atoms with E-state index in [9.17, 15) is 4.79 Å². The van der Waals surface area contributed by atoms with Crippen LogP contribution in [0.15, 0.2) is 34.7 Å². The Hall–Kier alpha value is -1.72. The van der Waals surface area contributed by atoms with E-state index in [1.807, 2.05) is 43.5 Å². The van der Waals surface area contributed by atoms with Gasteiger partial charge < -0.3 is 0 Å². The zero-order valence-corrected chi connectivity index (χ0v) is 12.6. The minimum Gasteiger partial charge on any atom is -0.272 e. The van der Waals surface area contributed by atoms with Crippen molar-refractivity contribution in [2.45, 2.75) is 13.8 Å². The van der Waals surface area contributed by atoms with E-state index in [1.54, 1.807) is 0 Å². The molecule has 1 aromatic carbocycles. The van der Waals surface area contributed by atoms with Gasteiger partial charge in [0.25, 0.3) is 5.91 Å². The molecule has 2 heterocycles. The van der Waals surface area contributed by atoms with Crippen molar-refractivity contribution in [3.8, 4) is 11.3 Å². The minimum atomic E-state index is -0.173. The first-order valence-electron chi connectivity index (χ1n) is 6.17. The summed E-state index contributed by atoms with van der Waals surface area (Å²) in [6.45, 7) is 3.71. The highest BCUT2D eigenvalue weighted by Crippen LogP contribution is 2.31. The number of benzene rings is 1. The molecule has 3 rings (SSSR count). The summed E-state index contributed by atoms with van der Waals surface area (Å²) in [7, 11) is 0. The summed E-state index contributed by atoms with van der Waals surface area (Å²) in [5.74, 6) is -0.206. The number of amides is 1. The number of anilines is 1. The molecule has 1 amide bonds. The lowest BCUT2D eigenvalue weighted by Gasteiger charge is -2.07. The number of halogens is 1. The summed E-state index contributed by atoms with van der Waals surface area (Å²) < 4.78 is 0. The molecule has 6 heteroatoms. The molecule has 20 heavy (non-hydrogen) atoms. The van der Waals surface area contributed by atoms with E-state index in [4.69, 9.17) is 11.6 Å². The van der Waals surface area contributed by atoms with Crippen molar-refractivity contribution in [3.63, 3.8) is 0 Å². The second kappa shape index (κ2) is 5.00. The topological polar surface area (TPSA) is 45.6 Å². The average Bonchev–Trinajstić information content (AvgIpc) is 3.00. The Morgan fingerprint density at radius 2 is 2.20 bits per heavy atom. The lowest BCUT2D eigenvalue weighted by atomic mass is 10.1. The van der Waals surface area contributed by atoms with Crippen molar-refractivity contribution < 1.29 is 4.79 Å². The molecular weight excluding hydrogens is 294 g/mol. The average molecular weight is 306 g/mol. The van der Waals surface area contributed by atoms with Crippen LogP contribution < -0.4 is 5.01 Å². The number of thiazole rings is 1. The van der Waals surface area contributed by atoms with Crippen LogP contribution in [0.25, 0.3) is 11.3 Å². The Morgan fingerprint density at radius 1 is 1.40 bits per heavy atom. The summed E-state index contributed by atoms with van der Waals surface area (Å²) in [5, 5.41) is 8.82. The fourth-order valence-electron chi connectivity index (χ4n) is 1.93. The van der Waals surface area contributed by atoms with Gasteiger partial charge in [0.05, 0.1) is 11.6 Å². The SMILES string of the molecule is CC1=NN(c2nc(-c3cccc(Cl)c3)cs2)C(=O)C1C.